The summed E-state index contributed by atoms with van der Waals surface area (Å²) in [7, 11) is 0. The van der Waals surface area contributed by atoms with Crippen molar-refractivity contribution in [3.05, 3.63) is 42.4 Å². The number of carbonyl (C=O) groups excluding carboxylic acids is 2. The molecule has 2 amide bonds. The molecule has 0 atom stereocenters. The summed E-state index contributed by atoms with van der Waals surface area (Å²) < 4.78 is 11.9. The minimum Gasteiger partial charge on any atom is -0.490 e. The maximum Gasteiger partial charge on any atom is 0.410 e. The largest absolute Gasteiger partial charge is 0.490 e. The van der Waals surface area contributed by atoms with Crippen molar-refractivity contribution in [1.29, 1.82) is 0 Å². The first-order valence-corrected chi connectivity index (χ1v) is 16.3. The number of nitrogens with zero attached hydrogens (tertiary/aromatic N) is 6. The molecule has 4 heterocycles. The van der Waals surface area contributed by atoms with E-state index in [2.05, 4.69) is 38.2 Å². The zero-order valence-electron chi connectivity index (χ0n) is 26.9. The lowest BCUT2D eigenvalue weighted by Gasteiger charge is -2.36. The smallest absolute Gasteiger partial charge is 0.410 e. The highest BCUT2D eigenvalue weighted by Gasteiger charge is 2.31. The molecule has 0 radical (unpaired) electrons. The van der Waals surface area contributed by atoms with Gasteiger partial charge >= 0.3 is 6.09 Å². The highest BCUT2D eigenvalue weighted by Crippen LogP contribution is 2.31. The average molecular weight is 616 g/mol. The van der Waals surface area contributed by atoms with E-state index in [4.69, 9.17) is 9.47 Å². The third kappa shape index (κ3) is 7.40. The molecule has 2 aromatic heterocycles. The summed E-state index contributed by atoms with van der Waals surface area (Å²) in [5, 5.41) is 4.34. The molecule has 0 unspecified atom stereocenters. The van der Waals surface area contributed by atoms with Crippen LogP contribution in [0, 0.1) is 12.8 Å². The number of amides is 2. The van der Waals surface area contributed by atoms with Crippen molar-refractivity contribution in [1.82, 2.24) is 24.8 Å². The summed E-state index contributed by atoms with van der Waals surface area (Å²) in [6.45, 7) is 11.7. The van der Waals surface area contributed by atoms with Crippen LogP contribution in [0.3, 0.4) is 0 Å². The van der Waals surface area contributed by atoms with Crippen LogP contribution in [0.2, 0.25) is 0 Å². The van der Waals surface area contributed by atoms with Gasteiger partial charge < -0.3 is 29.5 Å². The van der Waals surface area contributed by atoms with Gasteiger partial charge in [-0.2, -0.15) is 0 Å². The molecule has 11 heteroatoms. The first-order valence-electron chi connectivity index (χ1n) is 16.3. The Hall–Kier alpha value is -4.15. The van der Waals surface area contributed by atoms with Crippen LogP contribution in [0.25, 0.3) is 10.9 Å². The van der Waals surface area contributed by atoms with Gasteiger partial charge in [0.2, 0.25) is 5.91 Å². The summed E-state index contributed by atoms with van der Waals surface area (Å²) in [4.78, 5) is 44.9. The Balaban J connectivity index is 1.07. The first kappa shape index (κ1) is 30.9. The monoisotopic (exact) mass is 615 g/mol. The van der Waals surface area contributed by atoms with Crippen LogP contribution in [-0.4, -0.2) is 87.7 Å². The van der Waals surface area contributed by atoms with Crippen LogP contribution in [0.5, 0.6) is 5.75 Å². The van der Waals surface area contributed by atoms with Gasteiger partial charge in [-0.1, -0.05) is 12.8 Å². The Kier molecular flexibility index (Phi) is 8.96. The highest BCUT2D eigenvalue weighted by molar-refractivity contribution is 5.92. The van der Waals surface area contributed by atoms with Gasteiger partial charge in [0.25, 0.3) is 0 Å². The third-order valence-electron chi connectivity index (χ3n) is 8.95. The van der Waals surface area contributed by atoms with Crippen molar-refractivity contribution in [2.24, 2.45) is 5.92 Å². The van der Waals surface area contributed by atoms with Gasteiger partial charge in [0.05, 0.1) is 11.7 Å². The minimum absolute atomic E-state index is 0.109. The van der Waals surface area contributed by atoms with Gasteiger partial charge in [-0.15, -0.1) is 0 Å². The Bertz CT molecular complexity index is 1520. The van der Waals surface area contributed by atoms with E-state index in [1.54, 1.807) is 17.4 Å². The summed E-state index contributed by atoms with van der Waals surface area (Å²) in [5.74, 6) is 2.97. The molecule has 240 valence electrons. The molecule has 11 nitrogen and oxygen atoms in total. The molecular formula is C34H45N7O4. The Morgan fingerprint density at radius 2 is 1.62 bits per heavy atom. The minimum atomic E-state index is -0.516. The Morgan fingerprint density at radius 3 is 2.31 bits per heavy atom. The number of nitrogens with one attached hydrogen (secondary N) is 1. The predicted octanol–water partition coefficient (Wildman–Crippen LogP) is 5.69. The topological polar surface area (TPSA) is 113 Å². The Morgan fingerprint density at radius 1 is 0.889 bits per heavy atom. The van der Waals surface area contributed by atoms with Crippen LogP contribution in [-0.2, 0) is 9.53 Å². The van der Waals surface area contributed by atoms with E-state index in [0.717, 1.165) is 72.5 Å². The molecular weight excluding hydrogens is 570 g/mol. The quantitative estimate of drug-likeness (QED) is 0.373. The molecule has 1 aromatic carbocycles. The Labute approximate surface area is 265 Å². The number of benzene rings is 1. The lowest BCUT2D eigenvalue weighted by molar-refractivity contribution is -0.137. The van der Waals surface area contributed by atoms with Crippen LogP contribution in [0.1, 0.15) is 64.9 Å². The number of pyridine rings is 1. The number of hydrogen-bond acceptors (Lipinski definition) is 9. The fourth-order valence-electron chi connectivity index (χ4n) is 6.47. The summed E-state index contributed by atoms with van der Waals surface area (Å²) in [6, 6.07) is 8.09. The number of ether oxygens (including phenoxy) is 2. The molecule has 0 bridgehead atoms. The molecule has 6 rings (SSSR count). The highest BCUT2D eigenvalue weighted by atomic mass is 16.6. The fourth-order valence-corrected chi connectivity index (χ4v) is 6.47. The zero-order valence-corrected chi connectivity index (χ0v) is 26.9. The van der Waals surface area contributed by atoms with Gasteiger partial charge in [0, 0.05) is 69.1 Å². The van der Waals surface area contributed by atoms with Gasteiger partial charge in [-0.05, 0) is 70.4 Å². The third-order valence-corrected chi connectivity index (χ3v) is 8.95. The number of carbonyl (C=O) groups is 2. The average Bonchev–Trinajstić information content (AvgIpc) is 3.57. The molecule has 1 aliphatic carbocycles. The van der Waals surface area contributed by atoms with E-state index in [0.29, 0.717) is 37.9 Å². The lowest BCUT2D eigenvalue weighted by Crippen LogP contribution is -2.50. The number of piperidine rings is 1. The first-order chi connectivity index (χ1) is 21.6. The van der Waals surface area contributed by atoms with E-state index < -0.39 is 5.60 Å². The second kappa shape index (κ2) is 13.1. The number of fused-ring (bicyclic) bond motifs is 1. The lowest BCUT2D eigenvalue weighted by atomic mass is 10.0. The molecule has 1 N–H and O–H groups in total. The van der Waals surface area contributed by atoms with Crippen molar-refractivity contribution in [3.8, 4) is 5.75 Å². The van der Waals surface area contributed by atoms with Gasteiger partial charge in [-0.3, -0.25) is 4.79 Å². The van der Waals surface area contributed by atoms with Crippen molar-refractivity contribution < 1.29 is 19.1 Å². The van der Waals surface area contributed by atoms with Crippen LogP contribution in [0.4, 0.5) is 22.1 Å². The summed E-state index contributed by atoms with van der Waals surface area (Å²) >= 11 is 0. The number of hydrogen-bond donors (Lipinski definition) is 1. The van der Waals surface area contributed by atoms with E-state index in [1.807, 2.05) is 43.9 Å². The summed E-state index contributed by atoms with van der Waals surface area (Å²) in [5.41, 5.74) is 2.17. The zero-order chi connectivity index (χ0) is 31.6. The SMILES string of the molecule is Cc1cc(Nc2ncnc3cnc(N4CCN(C(=O)OC(C)(C)C)CC4)cc23)ccc1OC1CCN(C(=O)C2CCCC2)CC1. The van der Waals surface area contributed by atoms with Crippen LogP contribution in [0.15, 0.2) is 36.8 Å². The normalized spacial score (nSPS) is 18.4. The van der Waals surface area contributed by atoms with Gasteiger partial charge in [0.15, 0.2) is 0 Å². The number of aryl methyl sites for hydroxylation is 1. The fraction of sp³-hybridized carbons (Fsp3) is 0.559. The number of aromatic nitrogens is 3. The molecule has 45 heavy (non-hydrogen) atoms. The number of rotatable bonds is 6. The predicted molar refractivity (Wildman–Crippen MR) is 174 cm³/mol. The molecule has 0 spiro atoms. The molecule has 2 saturated heterocycles. The molecule has 3 fully saturated rings. The van der Waals surface area contributed by atoms with E-state index in [-0.39, 0.29) is 18.1 Å². The van der Waals surface area contributed by atoms with Crippen molar-refractivity contribution >= 4 is 40.2 Å². The maximum atomic E-state index is 12.8. The van der Waals surface area contributed by atoms with Gasteiger partial charge in [0.1, 0.15) is 35.4 Å². The molecule has 3 aliphatic rings. The molecule has 3 aromatic rings. The van der Waals surface area contributed by atoms with Crippen molar-refractivity contribution in [2.75, 3.05) is 49.5 Å². The van der Waals surface area contributed by atoms with Crippen LogP contribution >= 0.6 is 0 Å². The molecule has 2 aliphatic heterocycles. The molecule has 1 saturated carbocycles. The van der Waals surface area contributed by atoms with E-state index in [9.17, 15) is 9.59 Å². The second-order valence-electron chi connectivity index (χ2n) is 13.5. The van der Waals surface area contributed by atoms with Crippen molar-refractivity contribution in [2.45, 2.75) is 77.9 Å². The van der Waals surface area contributed by atoms with E-state index in [1.165, 1.54) is 12.8 Å². The number of likely N-dealkylation sites (tertiary alicyclic amines) is 1. The van der Waals surface area contributed by atoms with E-state index >= 15 is 0 Å². The standard InChI is InChI=1S/C34H45N7O4/c1-23-19-25(9-10-29(23)44-26-11-13-40(14-12-26)32(42)24-7-5-6-8-24)38-31-27-20-30(35-21-28(27)36-22-37-31)39-15-17-41(18-16-39)33(43)45-34(2,3)4/h9-10,19-22,24,26H,5-8,11-18H2,1-4H3,(H,36,37,38). The van der Waals surface area contributed by atoms with Crippen molar-refractivity contribution in [3.63, 3.8) is 0 Å². The van der Waals surface area contributed by atoms with Crippen LogP contribution < -0.4 is 15.0 Å². The maximum absolute atomic E-state index is 12.8. The summed E-state index contributed by atoms with van der Waals surface area (Å²) in [6.07, 6.45) is 9.32. The number of piperazine rings is 1. The van der Waals surface area contributed by atoms with Gasteiger partial charge in [-0.25, -0.2) is 19.7 Å². The second-order valence-corrected chi connectivity index (χ2v) is 13.5. The number of anilines is 3.